The van der Waals surface area contributed by atoms with Gasteiger partial charge in [-0.25, -0.2) is 4.99 Å². The molecule has 2 heterocycles. The summed E-state index contributed by atoms with van der Waals surface area (Å²) in [7, 11) is 1.69. The number of hydrogen-bond acceptors (Lipinski definition) is 6. The SMILES string of the molecule is CCCOc1cccc(C2(c3ccc(OC)c(C)c3)N=C(N)N3CC(C)(C)CN=C32)c1. The molecule has 164 valence electrons. The Bertz CT molecular complexity index is 1040. The van der Waals surface area contributed by atoms with Crippen LogP contribution in [-0.4, -0.2) is 43.5 Å². The number of fused-ring (bicyclic) bond motifs is 1. The normalized spacial score (nSPS) is 21.9. The Morgan fingerprint density at radius 1 is 1.13 bits per heavy atom. The molecule has 4 rings (SSSR count). The van der Waals surface area contributed by atoms with Crippen molar-refractivity contribution < 1.29 is 9.47 Å². The first-order chi connectivity index (χ1) is 14.8. The van der Waals surface area contributed by atoms with Gasteiger partial charge in [-0.15, -0.1) is 0 Å². The van der Waals surface area contributed by atoms with Gasteiger partial charge in [-0.05, 0) is 54.3 Å². The minimum Gasteiger partial charge on any atom is -0.496 e. The zero-order valence-corrected chi connectivity index (χ0v) is 19.1. The van der Waals surface area contributed by atoms with Gasteiger partial charge in [-0.1, -0.05) is 39.0 Å². The van der Waals surface area contributed by atoms with Crippen molar-refractivity contribution in [1.82, 2.24) is 4.90 Å². The third-order valence-corrected chi connectivity index (χ3v) is 5.92. The highest BCUT2D eigenvalue weighted by Gasteiger charge is 2.51. The number of ether oxygens (including phenoxy) is 2. The minimum absolute atomic E-state index is 0.0294. The number of nitrogens with zero attached hydrogens (tertiary/aromatic N) is 3. The predicted octanol–water partition coefficient (Wildman–Crippen LogP) is 4.10. The molecule has 2 aromatic rings. The first-order valence-corrected chi connectivity index (χ1v) is 10.9. The largest absolute Gasteiger partial charge is 0.496 e. The summed E-state index contributed by atoms with van der Waals surface area (Å²) in [5, 5.41) is 0. The maximum absolute atomic E-state index is 6.51. The van der Waals surface area contributed by atoms with E-state index < -0.39 is 5.54 Å². The maximum atomic E-state index is 6.51. The summed E-state index contributed by atoms with van der Waals surface area (Å²) < 4.78 is 11.4. The first-order valence-electron chi connectivity index (χ1n) is 10.9. The number of methoxy groups -OCH3 is 1. The Labute approximate surface area is 184 Å². The number of amidine groups is 1. The zero-order chi connectivity index (χ0) is 22.2. The molecule has 2 aromatic carbocycles. The quantitative estimate of drug-likeness (QED) is 0.763. The number of nitrogens with two attached hydrogens (primary N) is 1. The summed E-state index contributed by atoms with van der Waals surface area (Å²) in [4.78, 5) is 12.2. The first kappa shape index (κ1) is 21.2. The molecule has 1 unspecified atom stereocenters. The van der Waals surface area contributed by atoms with Crippen molar-refractivity contribution in [3.63, 3.8) is 0 Å². The highest BCUT2D eigenvalue weighted by molar-refractivity contribution is 6.12. The van der Waals surface area contributed by atoms with Crippen molar-refractivity contribution in [2.75, 3.05) is 26.8 Å². The molecular weight excluding hydrogens is 388 g/mol. The monoisotopic (exact) mass is 420 g/mol. The molecule has 6 heteroatoms. The lowest BCUT2D eigenvalue weighted by Crippen LogP contribution is -2.51. The van der Waals surface area contributed by atoms with Crippen LogP contribution in [0.4, 0.5) is 0 Å². The lowest BCUT2D eigenvalue weighted by Gasteiger charge is -2.39. The molecule has 0 spiro atoms. The summed E-state index contributed by atoms with van der Waals surface area (Å²) in [6.45, 7) is 10.7. The molecule has 0 bridgehead atoms. The molecular formula is C25H32N4O2. The third-order valence-electron chi connectivity index (χ3n) is 5.92. The predicted molar refractivity (Wildman–Crippen MR) is 125 cm³/mol. The fraction of sp³-hybridized carbons (Fsp3) is 0.440. The smallest absolute Gasteiger partial charge is 0.198 e. The summed E-state index contributed by atoms with van der Waals surface area (Å²) in [6.07, 6.45) is 0.952. The van der Waals surface area contributed by atoms with Crippen molar-refractivity contribution in [3.05, 3.63) is 59.2 Å². The molecule has 0 radical (unpaired) electrons. The second kappa shape index (κ2) is 7.91. The van der Waals surface area contributed by atoms with Gasteiger partial charge in [0.25, 0.3) is 0 Å². The van der Waals surface area contributed by atoms with E-state index in [4.69, 9.17) is 25.2 Å². The second-order valence-corrected chi connectivity index (χ2v) is 9.13. The van der Waals surface area contributed by atoms with Crippen molar-refractivity contribution in [2.24, 2.45) is 21.1 Å². The van der Waals surface area contributed by atoms with Crippen LogP contribution in [0.15, 0.2) is 52.4 Å². The van der Waals surface area contributed by atoms with Gasteiger partial charge in [-0.3, -0.25) is 9.89 Å². The van der Waals surface area contributed by atoms with Gasteiger partial charge in [0.05, 0.1) is 13.7 Å². The van der Waals surface area contributed by atoms with E-state index in [1.54, 1.807) is 7.11 Å². The van der Waals surface area contributed by atoms with Crippen LogP contribution in [0, 0.1) is 12.3 Å². The number of guanidine groups is 1. The van der Waals surface area contributed by atoms with Crippen LogP contribution in [0.25, 0.3) is 0 Å². The Kier molecular flexibility index (Phi) is 5.42. The number of benzene rings is 2. The summed E-state index contributed by atoms with van der Waals surface area (Å²) in [6, 6.07) is 14.3. The highest BCUT2D eigenvalue weighted by Crippen LogP contribution is 2.44. The lowest BCUT2D eigenvalue weighted by molar-refractivity contribution is 0.294. The van der Waals surface area contributed by atoms with E-state index in [0.29, 0.717) is 12.6 Å². The average molecular weight is 421 g/mol. The fourth-order valence-corrected chi connectivity index (χ4v) is 4.40. The van der Waals surface area contributed by atoms with Crippen LogP contribution < -0.4 is 15.2 Å². The standard InChI is InChI=1S/C25H32N4O2/c1-6-12-31-20-9-7-8-18(14-20)25(19-10-11-21(30-5)17(2)13-19)22-27-15-24(3,4)16-29(22)23(26)28-25/h7-11,13-14H,6,12,15-16H2,1-5H3,(H2,26,28). The van der Waals surface area contributed by atoms with Crippen molar-refractivity contribution >= 4 is 11.8 Å². The third kappa shape index (κ3) is 3.64. The van der Waals surface area contributed by atoms with Gasteiger partial charge in [0.15, 0.2) is 11.5 Å². The highest BCUT2D eigenvalue weighted by atomic mass is 16.5. The van der Waals surface area contributed by atoms with E-state index in [1.807, 2.05) is 25.1 Å². The van der Waals surface area contributed by atoms with E-state index in [9.17, 15) is 0 Å². The number of hydrogen-bond donors (Lipinski definition) is 1. The Morgan fingerprint density at radius 2 is 1.90 bits per heavy atom. The van der Waals surface area contributed by atoms with Crippen LogP contribution in [-0.2, 0) is 5.54 Å². The number of aryl methyl sites for hydroxylation is 1. The molecule has 0 fully saturated rings. The van der Waals surface area contributed by atoms with Gasteiger partial charge in [-0.2, -0.15) is 0 Å². The lowest BCUT2D eigenvalue weighted by atomic mass is 9.80. The van der Waals surface area contributed by atoms with Crippen LogP contribution in [0.1, 0.15) is 43.9 Å². The van der Waals surface area contributed by atoms with Crippen LogP contribution >= 0.6 is 0 Å². The molecule has 31 heavy (non-hydrogen) atoms. The molecule has 0 amide bonds. The van der Waals surface area contributed by atoms with E-state index in [0.717, 1.165) is 53.5 Å². The molecule has 1 atom stereocenters. The molecule has 0 aromatic heterocycles. The van der Waals surface area contributed by atoms with Gasteiger partial charge in [0.2, 0.25) is 0 Å². The fourth-order valence-electron chi connectivity index (χ4n) is 4.40. The molecule has 0 saturated carbocycles. The Morgan fingerprint density at radius 3 is 2.61 bits per heavy atom. The van der Waals surface area contributed by atoms with Gasteiger partial charge in [0.1, 0.15) is 17.3 Å². The molecule has 6 nitrogen and oxygen atoms in total. The summed E-state index contributed by atoms with van der Waals surface area (Å²) >= 11 is 0. The van der Waals surface area contributed by atoms with Gasteiger partial charge >= 0.3 is 0 Å². The summed E-state index contributed by atoms with van der Waals surface area (Å²) in [5.74, 6) is 3.05. The zero-order valence-electron chi connectivity index (χ0n) is 19.1. The average Bonchev–Trinajstić information content (AvgIpc) is 3.04. The number of aliphatic imine (C=N–C) groups is 2. The molecule has 2 aliphatic rings. The van der Waals surface area contributed by atoms with E-state index in [2.05, 4.69) is 49.9 Å². The van der Waals surface area contributed by atoms with Gasteiger partial charge in [0, 0.05) is 18.5 Å². The molecule has 2 aliphatic heterocycles. The molecule has 2 N–H and O–H groups in total. The summed E-state index contributed by atoms with van der Waals surface area (Å²) in [5.41, 5.74) is 8.78. The van der Waals surface area contributed by atoms with E-state index >= 15 is 0 Å². The van der Waals surface area contributed by atoms with Crippen LogP contribution in [0.3, 0.4) is 0 Å². The minimum atomic E-state index is -0.816. The van der Waals surface area contributed by atoms with E-state index in [1.165, 1.54) is 0 Å². The topological polar surface area (TPSA) is 72.4 Å². The maximum Gasteiger partial charge on any atom is 0.198 e. The molecule has 0 saturated heterocycles. The van der Waals surface area contributed by atoms with Gasteiger partial charge < -0.3 is 15.2 Å². The number of rotatable bonds is 6. The Balaban J connectivity index is 1.93. The second-order valence-electron chi connectivity index (χ2n) is 9.13. The van der Waals surface area contributed by atoms with Crippen molar-refractivity contribution in [2.45, 2.75) is 39.7 Å². The molecule has 0 aliphatic carbocycles. The Hall–Kier alpha value is -3.02. The van der Waals surface area contributed by atoms with Crippen LogP contribution in [0.2, 0.25) is 0 Å². The van der Waals surface area contributed by atoms with Crippen molar-refractivity contribution in [1.29, 1.82) is 0 Å². The van der Waals surface area contributed by atoms with E-state index in [-0.39, 0.29) is 5.41 Å². The van der Waals surface area contributed by atoms with Crippen LogP contribution in [0.5, 0.6) is 11.5 Å². The van der Waals surface area contributed by atoms with Crippen molar-refractivity contribution in [3.8, 4) is 11.5 Å².